The molecule has 1 saturated carbocycles. The number of nitrogens with zero attached hydrogens (tertiary/aromatic N) is 3. The van der Waals surface area contributed by atoms with Gasteiger partial charge in [-0.3, -0.25) is 10.1 Å². The quantitative estimate of drug-likeness (QED) is 0.614. The highest BCUT2D eigenvalue weighted by Crippen LogP contribution is 2.28. The third-order valence-electron chi connectivity index (χ3n) is 3.25. The van der Waals surface area contributed by atoms with Crippen molar-refractivity contribution < 1.29 is 9.66 Å². The molecule has 8 nitrogen and oxygen atoms in total. The van der Waals surface area contributed by atoms with Gasteiger partial charge in [-0.2, -0.15) is 4.98 Å². The highest BCUT2D eigenvalue weighted by molar-refractivity contribution is 5.57. The average molecular weight is 267 g/mol. The number of methoxy groups -OCH3 is 1. The molecule has 104 valence electrons. The van der Waals surface area contributed by atoms with E-state index in [-0.39, 0.29) is 23.7 Å². The second-order valence-corrected chi connectivity index (χ2v) is 4.45. The molecule has 1 aromatic heterocycles. The third kappa shape index (κ3) is 3.08. The summed E-state index contributed by atoms with van der Waals surface area (Å²) in [5, 5.41) is 16.8. The zero-order valence-electron chi connectivity index (χ0n) is 10.9. The van der Waals surface area contributed by atoms with Crippen LogP contribution in [0.15, 0.2) is 6.20 Å². The van der Waals surface area contributed by atoms with E-state index in [2.05, 4.69) is 20.6 Å². The highest BCUT2D eigenvalue weighted by Gasteiger charge is 2.27. The highest BCUT2D eigenvalue weighted by atomic mass is 16.6. The van der Waals surface area contributed by atoms with Crippen molar-refractivity contribution in [1.82, 2.24) is 9.97 Å². The van der Waals surface area contributed by atoms with Crippen LogP contribution in [0.3, 0.4) is 0 Å². The summed E-state index contributed by atoms with van der Waals surface area (Å²) < 4.78 is 5.28. The van der Waals surface area contributed by atoms with Crippen molar-refractivity contribution in [2.24, 2.45) is 0 Å². The van der Waals surface area contributed by atoms with Crippen LogP contribution in [-0.2, 0) is 4.74 Å². The van der Waals surface area contributed by atoms with Crippen LogP contribution < -0.4 is 10.6 Å². The number of rotatable bonds is 5. The van der Waals surface area contributed by atoms with E-state index in [1.54, 1.807) is 14.2 Å². The van der Waals surface area contributed by atoms with Gasteiger partial charge < -0.3 is 15.4 Å². The van der Waals surface area contributed by atoms with E-state index in [1.807, 2.05) is 0 Å². The lowest BCUT2D eigenvalue weighted by molar-refractivity contribution is -0.384. The van der Waals surface area contributed by atoms with Crippen LogP contribution in [0.5, 0.6) is 0 Å². The molecule has 0 saturated heterocycles. The fraction of sp³-hybridized carbons (Fsp3) is 0.636. The predicted octanol–water partition coefficient (Wildman–Crippen LogP) is 1.41. The molecule has 1 aliphatic rings. The fourth-order valence-electron chi connectivity index (χ4n) is 2.21. The van der Waals surface area contributed by atoms with Crippen LogP contribution in [0.2, 0.25) is 0 Å². The summed E-state index contributed by atoms with van der Waals surface area (Å²) in [6.45, 7) is 0. The monoisotopic (exact) mass is 267 g/mol. The standard InChI is InChI=1S/C11H17N5O3/c1-12-11-13-6-9(16(17)18)10(15-11)14-7-3-4-8(5-7)19-2/h6-8H,3-5H2,1-2H3,(H2,12,13,14,15). The molecule has 2 atom stereocenters. The Balaban J connectivity index is 2.16. The molecule has 1 aliphatic carbocycles. The fourth-order valence-corrected chi connectivity index (χ4v) is 2.21. The van der Waals surface area contributed by atoms with E-state index in [9.17, 15) is 10.1 Å². The molecule has 0 amide bonds. The largest absolute Gasteiger partial charge is 0.381 e. The molecule has 1 aromatic rings. The number of nitrogens with one attached hydrogen (secondary N) is 2. The third-order valence-corrected chi connectivity index (χ3v) is 3.25. The van der Waals surface area contributed by atoms with Gasteiger partial charge in [0.2, 0.25) is 11.8 Å². The van der Waals surface area contributed by atoms with Crippen molar-refractivity contribution >= 4 is 17.5 Å². The van der Waals surface area contributed by atoms with Gasteiger partial charge in [-0.05, 0) is 19.3 Å². The Kier molecular flexibility index (Phi) is 4.10. The van der Waals surface area contributed by atoms with Crippen molar-refractivity contribution in [3.05, 3.63) is 16.3 Å². The first kappa shape index (κ1) is 13.5. The molecule has 2 rings (SSSR count). The van der Waals surface area contributed by atoms with E-state index in [4.69, 9.17) is 4.74 Å². The van der Waals surface area contributed by atoms with Gasteiger partial charge in [-0.1, -0.05) is 0 Å². The summed E-state index contributed by atoms with van der Waals surface area (Å²) in [7, 11) is 3.35. The van der Waals surface area contributed by atoms with Crippen molar-refractivity contribution in [2.75, 3.05) is 24.8 Å². The molecule has 2 unspecified atom stereocenters. The van der Waals surface area contributed by atoms with E-state index in [0.29, 0.717) is 5.95 Å². The number of ether oxygens (including phenoxy) is 1. The molecular weight excluding hydrogens is 250 g/mol. The molecule has 0 aliphatic heterocycles. The van der Waals surface area contributed by atoms with Crippen molar-refractivity contribution in [2.45, 2.75) is 31.4 Å². The molecule has 0 radical (unpaired) electrons. The Morgan fingerprint density at radius 1 is 1.53 bits per heavy atom. The summed E-state index contributed by atoms with van der Waals surface area (Å²) in [5.41, 5.74) is -0.111. The predicted molar refractivity (Wildman–Crippen MR) is 70.3 cm³/mol. The van der Waals surface area contributed by atoms with E-state index in [1.165, 1.54) is 6.20 Å². The van der Waals surface area contributed by atoms with Crippen LogP contribution in [0.4, 0.5) is 17.5 Å². The van der Waals surface area contributed by atoms with E-state index in [0.717, 1.165) is 19.3 Å². The number of nitro groups is 1. The van der Waals surface area contributed by atoms with Crippen molar-refractivity contribution in [3.8, 4) is 0 Å². The molecule has 0 aromatic carbocycles. The Labute approximate surface area is 110 Å². The lowest BCUT2D eigenvalue weighted by atomic mass is 10.2. The van der Waals surface area contributed by atoms with Gasteiger partial charge in [-0.15, -0.1) is 0 Å². The van der Waals surface area contributed by atoms with Crippen molar-refractivity contribution in [3.63, 3.8) is 0 Å². The number of aromatic nitrogens is 2. The Morgan fingerprint density at radius 3 is 2.89 bits per heavy atom. The van der Waals surface area contributed by atoms with Gasteiger partial charge in [0.05, 0.1) is 11.0 Å². The maximum Gasteiger partial charge on any atom is 0.329 e. The molecule has 8 heteroatoms. The summed E-state index contributed by atoms with van der Waals surface area (Å²) in [6, 6.07) is 0.142. The molecule has 0 bridgehead atoms. The van der Waals surface area contributed by atoms with Crippen LogP contribution in [0.25, 0.3) is 0 Å². The number of hydrogen-bond donors (Lipinski definition) is 2. The van der Waals surface area contributed by atoms with Gasteiger partial charge in [0.15, 0.2) is 0 Å². The molecular formula is C11H17N5O3. The lowest BCUT2D eigenvalue weighted by Gasteiger charge is -2.13. The first-order chi connectivity index (χ1) is 9.13. The minimum Gasteiger partial charge on any atom is -0.381 e. The maximum absolute atomic E-state index is 11.0. The van der Waals surface area contributed by atoms with Gasteiger partial charge in [-0.25, -0.2) is 4.98 Å². The second-order valence-electron chi connectivity index (χ2n) is 4.45. The zero-order chi connectivity index (χ0) is 13.8. The zero-order valence-corrected chi connectivity index (χ0v) is 10.9. The maximum atomic E-state index is 11.0. The number of anilines is 2. The molecule has 1 heterocycles. The Bertz CT molecular complexity index is 468. The van der Waals surface area contributed by atoms with E-state index < -0.39 is 4.92 Å². The summed E-state index contributed by atoms with van der Waals surface area (Å²) >= 11 is 0. The van der Waals surface area contributed by atoms with Gasteiger partial charge in [0, 0.05) is 20.2 Å². The van der Waals surface area contributed by atoms with E-state index >= 15 is 0 Å². The Hall–Kier alpha value is -1.96. The molecule has 0 spiro atoms. The number of hydrogen-bond acceptors (Lipinski definition) is 7. The molecule has 19 heavy (non-hydrogen) atoms. The SMILES string of the molecule is CNc1ncc([N+](=O)[O-])c(NC2CCC(OC)C2)n1. The topological polar surface area (TPSA) is 102 Å². The summed E-state index contributed by atoms with van der Waals surface area (Å²) in [6.07, 6.45) is 4.11. The van der Waals surface area contributed by atoms with Crippen molar-refractivity contribution in [1.29, 1.82) is 0 Å². The molecule has 2 N–H and O–H groups in total. The summed E-state index contributed by atoms with van der Waals surface area (Å²) in [5.74, 6) is 0.612. The first-order valence-electron chi connectivity index (χ1n) is 6.12. The van der Waals surface area contributed by atoms with Crippen LogP contribution >= 0.6 is 0 Å². The Morgan fingerprint density at radius 2 is 2.32 bits per heavy atom. The van der Waals surface area contributed by atoms with Gasteiger partial charge in [0.25, 0.3) is 0 Å². The normalized spacial score (nSPS) is 22.2. The summed E-state index contributed by atoms with van der Waals surface area (Å²) in [4.78, 5) is 18.4. The average Bonchev–Trinajstić information content (AvgIpc) is 2.86. The minimum atomic E-state index is -0.482. The molecule has 1 fully saturated rings. The minimum absolute atomic E-state index is 0.111. The van der Waals surface area contributed by atoms with Gasteiger partial charge in [0.1, 0.15) is 6.20 Å². The lowest BCUT2D eigenvalue weighted by Crippen LogP contribution is -2.19. The second kappa shape index (κ2) is 5.79. The van der Waals surface area contributed by atoms with Crippen LogP contribution in [0, 0.1) is 10.1 Å². The van der Waals surface area contributed by atoms with Crippen LogP contribution in [0.1, 0.15) is 19.3 Å². The van der Waals surface area contributed by atoms with Crippen LogP contribution in [-0.4, -0.2) is 41.2 Å². The first-order valence-corrected chi connectivity index (χ1v) is 6.12. The smallest absolute Gasteiger partial charge is 0.329 e. The van der Waals surface area contributed by atoms with Gasteiger partial charge >= 0.3 is 5.69 Å².